The van der Waals surface area contributed by atoms with Gasteiger partial charge in [0, 0.05) is 22.4 Å². The fourth-order valence-electron chi connectivity index (χ4n) is 2.29. The highest BCUT2D eigenvalue weighted by molar-refractivity contribution is 7.91. The lowest BCUT2D eigenvalue weighted by atomic mass is 10.2. The van der Waals surface area contributed by atoms with Crippen LogP contribution >= 0.6 is 22.9 Å². The van der Waals surface area contributed by atoms with Crippen molar-refractivity contribution in [3.63, 3.8) is 0 Å². The van der Waals surface area contributed by atoms with Gasteiger partial charge in [-0.15, -0.1) is 11.3 Å². The van der Waals surface area contributed by atoms with Crippen molar-refractivity contribution in [2.75, 3.05) is 11.1 Å². The number of rotatable bonds is 6. The third kappa shape index (κ3) is 4.92. The molecule has 0 saturated heterocycles. The third-order valence-electron chi connectivity index (χ3n) is 3.74. The van der Waals surface area contributed by atoms with Crippen LogP contribution in [0.3, 0.4) is 0 Å². The molecule has 0 bridgehead atoms. The predicted molar refractivity (Wildman–Crippen MR) is 104 cm³/mol. The summed E-state index contributed by atoms with van der Waals surface area (Å²) in [5.74, 6) is -2.86. The fourth-order valence-corrected chi connectivity index (χ4v) is 4.39. The second kappa shape index (κ2) is 8.34. The Kier molecular flexibility index (Phi) is 6.07. The van der Waals surface area contributed by atoms with E-state index in [2.05, 4.69) is 10.3 Å². The molecule has 146 valence electrons. The van der Waals surface area contributed by atoms with E-state index in [1.807, 2.05) is 0 Å². The Hall–Kier alpha value is -2.36. The van der Waals surface area contributed by atoms with E-state index in [0.717, 1.165) is 23.5 Å². The molecule has 1 heterocycles. The Morgan fingerprint density at radius 2 is 1.82 bits per heavy atom. The number of anilines is 1. The first-order chi connectivity index (χ1) is 13.2. The Balaban J connectivity index is 1.61. The molecule has 0 unspecified atom stereocenters. The minimum absolute atomic E-state index is 0.0829. The van der Waals surface area contributed by atoms with Gasteiger partial charge < -0.3 is 5.32 Å². The van der Waals surface area contributed by atoms with Crippen LogP contribution in [0, 0.1) is 11.6 Å². The maximum absolute atomic E-state index is 13.3. The average Bonchev–Trinajstić information content (AvgIpc) is 3.11. The molecule has 1 N–H and O–H groups in total. The third-order valence-corrected chi connectivity index (χ3v) is 6.48. The number of carbonyl (C=O) groups excluding carboxylic acids is 1. The Morgan fingerprint density at radius 3 is 2.50 bits per heavy atom. The van der Waals surface area contributed by atoms with Crippen molar-refractivity contribution in [1.29, 1.82) is 0 Å². The molecule has 0 aliphatic rings. The van der Waals surface area contributed by atoms with E-state index >= 15 is 0 Å². The van der Waals surface area contributed by atoms with Gasteiger partial charge in [-0.25, -0.2) is 22.2 Å². The lowest BCUT2D eigenvalue weighted by Gasteiger charge is -2.05. The van der Waals surface area contributed by atoms with Gasteiger partial charge in [0.15, 0.2) is 26.6 Å². The first-order valence-electron chi connectivity index (χ1n) is 7.94. The quantitative estimate of drug-likeness (QED) is 0.607. The first kappa shape index (κ1) is 20.4. The van der Waals surface area contributed by atoms with Gasteiger partial charge in [0.05, 0.1) is 16.3 Å². The summed E-state index contributed by atoms with van der Waals surface area (Å²) < 4.78 is 50.8. The highest BCUT2D eigenvalue weighted by Gasteiger charge is 2.17. The zero-order valence-electron chi connectivity index (χ0n) is 14.2. The molecule has 1 aromatic heterocycles. The number of amides is 1. The summed E-state index contributed by atoms with van der Waals surface area (Å²) in [6, 6.07) is 9.05. The number of halogens is 3. The van der Waals surface area contributed by atoms with Crippen LogP contribution in [0.15, 0.2) is 52.7 Å². The van der Waals surface area contributed by atoms with E-state index in [1.54, 1.807) is 5.38 Å². The summed E-state index contributed by atoms with van der Waals surface area (Å²) in [4.78, 5) is 16.3. The van der Waals surface area contributed by atoms with Gasteiger partial charge in [0.25, 0.3) is 0 Å². The smallest absolute Gasteiger partial charge is 0.227 e. The number of benzene rings is 2. The molecule has 2 aromatic carbocycles. The molecule has 0 radical (unpaired) electrons. The van der Waals surface area contributed by atoms with Crippen molar-refractivity contribution in [2.24, 2.45) is 0 Å². The van der Waals surface area contributed by atoms with Crippen molar-refractivity contribution < 1.29 is 22.0 Å². The van der Waals surface area contributed by atoms with E-state index in [-0.39, 0.29) is 22.2 Å². The molecule has 3 aromatic rings. The van der Waals surface area contributed by atoms with Crippen LogP contribution in [-0.2, 0) is 14.6 Å². The summed E-state index contributed by atoms with van der Waals surface area (Å²) in [5.41, 5.74) is 0.731. The lowest BCUT2D eigenvalue weighted by Crippen LogP contribution is -2.17. The van der Waals surface area contributed by atoms with E-state index in [0.29, 0.717) is 16.3 Å². The minimum Gasteiger partial charge on any atom is -0.302 e. The molecule has 5 nitrogen and oxygen atoms in total. The van der Waals surface area contributed by atoms with Gasteiger partial charge in [-0.05, 0) is 42.5 Å². The van der Waals surface area contributed by atoms with Crippen LogP contribution < -0.4 is 5.32 Å². The molecular weight excluding hydrogens is 430 g/mol. The van der Waals surface area contributed by atoms with Crippen LogP contribution in [0.5, 0.6) is 0 Å². The molecule has 0 atom stereocenters. The van der Waals surface area contributed by atoms with Crippen LogP contribution in [0.4, 0.5) is 13.9 Å². The van der Waals surface area contributed by atoms with Gasteiger partial charge in [-0.2, -0.15) is 0 Å². The number of aromatic nitrogens is 1. The van der Waals surface area contributed by atoms with Gasteiger partial charge in [0.2, 0.25) is 5.91 Å². The summed E-state index contributed by atoms with van der Waals surface area (Å²) in [7, 11) is -3.62. The van der Waals surface area contributed by atoms with Crippen molar-refractivity contribution >= 4 is 43.8 Å². The van der Waals surface area contributed by atoms with Gasteiger partial charge in [0.1, 0.15) is 0 Å². The van der Waals surface area contributed by atoms with E-state index in [9.17, 15) is 22.0 Å². The maximum atomic E-state index is 13.3. The molecule has 28 heavy (non-hydrogen) atoms. The van der Waals surface area contributed by atoms with Crippen molar-refractivity contribution in [3.8, 4) is 11.3 Å². The lowest BCUT2D eigenvalue weighted by molar-refractivity contribution is -0.115. The SMILES string of the molecule is O=C(CCS(=O)(=O)c1ccc(Cl)cc1)Nc1nc(-c2ccc(F)c(F)c2)cs1. The number of nitrogens with one attached hydrogen (secondary N) is 1. The van der Waals surface area contributed by atoms with Gasteiger partial charge in [-0.1, -0.05) is 11.6 Å². The van der Waals surface area contributed by atoms with Crippen molar-refractivity contribution in [3.05, 3.63) is 64.5 Å². The predicted octanol–water partition coefficient (Wildman–Crippen LogP) is 4.54. The summed E-state index contributed by atoms with van der Waals surface area (Å²) in [5, 5.41) is 4.73. The molecular formula is C18H13ClF2N2O3S2. The Labute approximate surface area is 168 Å². The summed E-state index contributed by atoms with van der Waals surface area (Å²) >= 11 is 6.83. The number of nitrogens with zero attached hydrogens (tertiary/aromatic N) is 1. The standard InChI is InChI=1S/C18H13ClF2N2O3S2/c19-12-2-4-13(5-3-12)28(25,26)8-7-17(24)23-18-22-16(10-27-18)11-1-6-14(20)15(21)9-11/h1-6,9-10H,7-8H2,(H,22,23,24). The molecule has 0 aliphatic carbocycles. The zero-order valence-corrected chi connectivity index (χ0v) is 16.5. The Morgan fingerprint density at radius 1 is 1.11 bits per heavy atom. The van der Waals surface area contributed by atoms with Crippen LogP contribution in [-0.4, -0.2) is 25.1 Å². The molecule has 0 saturated carbocycles. The second-order valence-corrected chi connectivity index (χ2v) is 9.14. The molecule has 3 rings (SSSR count). The maximum Gasteiger partial charge on any atom is 0.227 e. The molecule has 10 heteroatoms. The summed E-state index contributed by atoms with van der Waals surface area (Å²) in [6.45, 7) is 0. The number of hydrogen-bond donors (Lipinski definition) is 1. The van der Waals surface area contributed by atoms with E-state index in [4.69, 9.17) is 11.6 Å². The number of thiazole rings is 1. The molecule has 1 amide bonds. The topological polar surface area (TPSA) is 76.1 Å². The van der Waals surface area contributed by atoms with Crippen molar-refractivity contribution in [2.45, 2.75) is 11.3 Å². The molecule has 0 fully saturated rings. The van der Waals surface area contributed by atoms with Crippen LogP contribution in [0.25, 0.3) is 11.3 Å². The highest BCUT2D eigenvalue weighted by Crippen LogP contribution is 2.26. The Bertz CT molecular complexity index is 1120. The first-order valence-corrected chi connectivity index (χ1v) is 10.8. The van der Waals surface area contributed by atoms with Gasteiger partial charge in [-0.3, -0.25) is 4.79 Å². The number of hydrogen-bond acceptors (Lipinski definition) is 5. The van der Waals surface area contributed by atoms with E-state index in [1.165, 1.54) is 30.3 Å². The summed E-state index contributed by atoms with van der Waals surface area (Å²) in [6.07, 6.45) is -0.259. The monoisotopic (exact) mass is 442 g/mol. The van der Waals surface area contributed by atoms with E-state index < -0.39 is 27.4 Å². The number of carbonyl (C=O) groups is 1. The van der Waals surface area contributed by atoms with Gasteiger partial charge >= 0.3 is 0 Å². The van der Waals surface area contributed by atoms with Crippen LogP contribution in [0.2, 0.25) is 5.02 Å². The highest BCUT2D eigenvalue weighted by atomic mass is 35.5. The van der Waals surface area contributed by atoms with Crippen LogP contribution in [0.1, 0.15) is 6.42 Å². The molecule has 0 aliphatic heterocycles. The number of sulfone groups is 1. The zero-order chi connectivity index (χ0) is 20.3. The minimum atomic E-state index is -3.62. The fraction of sp³-hybridized carbons (Fsp3) is 0.111. The van der Waals surface area contributed by atoms with Crippen molar-refractivity contribution in [1.82, 2.24) is 4.98 Å². The largest absolute Gasteiger partial charge is 0.302 e. The molecule has 0 spiro atoms. The second-order valence-electron chi connectivity index (χ2n) is 5.74. The normalized spacial score (nSPS) is 11.4. The average molecular weight is 443 g/mol.